The average Bonchev–Trinajstić information content (AvgIpc) is 3.58. The number of methoxy groups -OCH3 is 1. The molecular weight excluding hydrogens is 675 g/mol. The summed E-state index contributed by atoms with van der Waals surface area (Å²) in [4.78, 5) is 4.67. The zero-order valence-corrected chi connectivity index (χ0v) is 29.0. The molecule has 3 aromatic heterocycles. The quantitative estimate of drug-likeness (QED) is 0.117. The van der Waals surface area contributed by atoms with Crippen LogP contribution < -0.4 is 9.47 Å². The minimum Gasteiger partial charge on any atom is -0.509 e. The molecule has 0 N–H and O–H groups in total. The maximum Gasteiger partial charge on any atom is 2.00 e. The van der Waals surface area contributed by atoms with Gasteiger partial charge < -0.3 is 14.0 Å². The zero-order chi connectivity index (χ0) is 31.9. The summed E-state index contributed by atoms with van der Waals surface area (Å²) in [5.74, 6) is 2.68. The largest absolute Gasteiger partial charge is 2.00 e. The fourth-order valence-electron chi connectivity index (χ4n) is 6.58. The number of pyridine rings is 1. The van der Waals surface area contributed by atoms with Crippen LogP contribution in [0.3, 0.4) is 0 Å². The van der Waals surface area contributed by atoms with Gasteiger partial charge in [0.15, 0.2) is 0 Å². The van der Waals surface area contributed by atoms with Crippen LogP contribution in [0.4, 0.5) is 0 Å². The predicted octanol–water partition coefficient (Wildman–Crippen LogP) is 9.48. The molecule has 0 unspecified atom stereocenters. The normalized spacial score (nSPS) is 11.2. The number of nitrogens with zero attached hydrogens (tertiary/aromatic N) is 4. The van der Waals surface area contributed by atoms with Gasteiger partial charge in [-0.1, -0.05) is 62.7 Å². The van der Waals surface area contributed by atoms with Crippen molar-refractivity contribution in [1.82, 2.24) is 19.3 Å². The van der Waals surface area contributed by atoms with E-state index < -0.39 is 0 Å². The van der Waals surface area contributed by atoms with Crippen molar-refractivity contribution < 1.29 is 29.9 Å². The molecule has 4 aromatic carbocycles. The van der Waals surface area contributed by atoms with Crippen LogP contribution in [0.15, 0.2) is 85.1 Å². The zero-order valence-electron chi connectivity index (χ0n) is 27.4. The van der Waals surface area contributed by atoms with Crippen molar-refractivity contribution in [2.45, 2.75) is 47.5 Å². The predicted molar refractivity (Wildman–Crippen MR) is 185 cm³/mol. The molecule has 0 aliphatic carbocycles. The Morgan fingerprint density at radius 3 is 2.40 bits per heavy atom. The smallest absolute Gasteiger partial charge is 0.509 e. The topological polar surface area (TPSA) is 54.1 Å². The van der Waals surface area contributed by atoms with Crippen LogP contribution in [-0.4, -0.2) is 26.4 Å². The summed E-state index contributed by atoms with van der Waals surface area (Å²) in [7, 11) is 1.66. The van der Waals surface area contributed by atoms with Crippen LogP contribution in [-0.2, 0) is 33.3 Å². The summed E-state index contributed by atoms with van der Waals surface area (Å²) in [6.45, 7) is 10.8. The molecule has 6 nitrogen and oxygen atoms in total. The minimum atomic E-state index is 0. The van der Waals surface area contributed by atoms with Crippen molar-refractivity contribution >= 4 is 21.8 Å². The van der Waals surface area contributed by atoms with Crippen molar-refractivity contribution in [2.24, 2.45) is 0 Å². The molecule has 0 saturated heterocycles. The molecule has 47 heavy (non-hydrogen) atoms. The molecule has 0 bridgehead atoms. The number of ether oxygens (including phenoxy) is 2. The molecule has 0 saturated carbocycles. The van der Waals surface area contributed by atoms with E-state index in [1.165, 1.54) is 22.3 Å². The summed E-state index contributed by atoms with van der Waals surface area (Å²) >= 11 is 0. The van der Waals surface area contributed by atoms with Gasteiger partial charge in [0.1, 0.15) is 11.6 Å². The van der Waals surface area contributed by atoms with E-state index in [4.69, 9.17) is 14.6 Å². The minimum absolute atomic E-state index is 0. The van der Waals surface area contributed by atoms with E-state index in [1.54, 1.807) is 13.3 Å². The SMILES string of the molecule is CCc1cccc(C)c1-c1c(C)nn(-c2[c-]c(Oc3[c-]c4c(cc3)c3ccccc3n4-c3cc(OC)ccn3)cc(C)c2)c1CC.[Pd+2]. The van der Waals surface area contributed by atoms with Crippen molar-refractivity contribution in [1.29, 1.82) is 0 Å². The second-order valence-corrected chi connectivity index (χ2v) is 11.6. The van der Waals surface area contributed by atoms with Crippen LogP contribution in [0.1, 0.15) is 41.9 Å². The van der Waals surface area contributed by atoms with Crippen molar-refractivity contribution in [3.05, 3.63) is 125 Å². The Bertz CT molecular complexity index is 2250. The Morgan fingerprint density at radius 1 is 0.787 bits per heavy atom. The summed E-state index contributed by atoms with van der Waals surface area (Å²) in [6.07, 6.45) is 3.56. The molecule has 0 radical (unpaired) electrons. The number of rotatable bonds is 8. The first-order valence-electron chi connectivity index (χ1n) is 15.8. The summed E-state index contributed by atoms with van der Waals surface area (Å²) < 4.78 is 16.1. The van der Waals surface area contributed by atoms with Crippen LogP contribution in [0.5, 0.6) is 17.2 Å². The summed E-state index contributed by atoms with van der Waals surface area (Å²) in [6, 6.07) is 33.8. The number of hydrogen-bond donors (Lipinski definition) is 0. The molecule has 3 heterocycles. The standard InChI is InChI=1S/C40H36N4O2.Pd/c1-7-28-13-11-12-26(4)39(28)40-27(5)42-44(35(40)8-2)29-20-25(3)21-32(22-29)46-31-16-17-34-33-14-9-10-15-36(33)43(37(34)23-31)38-24-30(45-6)18-19-41-38;/h9-21,24H,7-8H2,1-6H3;/q-2;+2. The number of aryl methyl sites for hydroxylation is 4. The van der Waals surface area contributed by atoms with Crippen LogP contribution >= 0.6 is 0 Å². The van der Waals surface area contributed by atoms with Crippen LogP contribution in [0.2, 0.25) is 0 Å². The third kappa shape index (κ3) is 5.75. The maximum absolute atomic E-state index is 6.50. The fourth-order valence-corrected chi connectivity index (χ4v) is 6.58. The fraction of sp³-hybridized carbons (Fsp3) is 0.200. The van der Waals surface area contributed by atoms with Gasteiger partial charge in [-0.05, 0) is 66.6 Å². The van der Waals surface area contributed by atoms with Crippen molar-refractivity contribution in [3.8, 4) is 39.9 Å². The second kappa shape index (κ2) is 13.2. The number of hydrogen-bond acceptors (Lipinski definition) is 4. The van der Waals surface area contributed by atoms with Gasteiger partial charge in [0.25, 0.3) is 0 Å². The molecular formula is C40H36N4O2Pd. The van der Waals surface area contributed by atoms with E-state index in [0.29, 0.717) is 11.5 Å². The van der Waals surface area contributed by atoms with Gasteiger partial charge in [0.05, 0.1) is 12.8 Å². The Kier molecular flexibility index (Phi) is 9.05. The molecule has 0 fully saturated rings. The van der Waals surface area contributed by atoms with Gasteiger partial charge in [-0.3, -0.25) is 4.68 Å². The third-order valence-electron chi connectivity index (χ3n) is 8.64. The number of aromatic nitrogens is 4. The van der Waals surface area contributed by atoms with E-state index in [-0.39, 0.29) is 20.4 Å². The van der Waals surface area contributed by atoms with Gasteiger partial charge >= 0.3 is 20.4 Å². The third-order valence-corrected chi connectivity index (χ3v) is 8.64. The molecule has 0 aliphatic rings. The molecule has 7 rings (SSSR count). The van der Waals surface area contributed by atoms with E-state index in [0.717, 1.165) is 68.9 Å². The number of benzene rings is 4. The van der Waals surface area contributed by atoms with Crippen LogP contribution in [0.25, 0.3) is 44.4 Å². The Balaban J connectivity index is 0.00000386. The molecule has 0 amide bonds. The molecule has 7 heteroatoms. The molecule has 0 atom stereocenters. The van der Waals surface area contributed by atoms with E-state index in [9.17, 15) is 0 Å². The van der Waals surface area contributed by atoms with E-state index in [1.807, 2.05) is 41.1 Å². The second-order valence-electron chi connectivity index (χ2n) is 11.6. The van der Waals surface area contributed by atoms with Gasteiger partial charge in [-0.15, -0.1) is 35.7 Å². The number of fused-ring (bicyclic) bond motifs is 3. The maximum atomic E-state index is 6.50. The van der Waals surface area contributed by atoms with E-state index in [2.05, 4.69) is 98.8 Å². The van der Waals surface area contributed by atoms with Gasteiger partial charge in [-0.25, -0.2) is 4.98 Å². The van der Waals surface area contributed by atoms with Crippen molar-refractivity contribution in [2.75, 3.05) is 7.11 Å². The molecule has 238 valence electrons. The van der Waals surface area contributed by atoms with Gasteiger partial charge in [0, 0.05) is 40.5 Å². The average molecular weight is 711 g/mol. The summed E-state index contributed by atoms with van der Waals surface area (Å²) in [5.41, 5.74) is 11.1. The Labute approximate surface area is 289 Å². The summed E-state index contributed by atoms with van der Waals surface area (Å²) in [5, 5.41) is 7.24. The molecule has 7 aromatic rings. The van der Waals surface area contributed by atoms with Crippen molar-refractivity contribution in [3.63, 3.8) is 0 Å². The Morgan fingerprint density at radius 2 is 1.62 bits per heavy atom. The molecule has 0 spiro atoms. The number of para-hydroxylation sites is 1. The van der Waals surface area contributed by atoms with E-state index >= 15 is 0 Å². The first-order chi connectivity index (χ1) is 22.4. The first-order valence-corrected chi connectivity index (χ1v) is 15.8. The first kappa shape index (κ1) is 32.3. The van der Waals surface area contributed by atoms with Gasteiger partial charge in [0.2, 0.25) is 0 Å². The van der Waals surface area contributed by atoms with Gasteiger partial charge in [-0.2, -0.15) is 16.7 Å². The van der Waals surface area contributed by atoms with Crippen LogP contribution in [0, 0.1) is 32.9 Å². The monoisotopic (exact) mass is 710 g/mol. The molecule has 0 aliphatic heterocycles. The Hall–Kier alpha value is -4.70.